The number of fused-ring (bicyclic) bond motifs is 1. The van der Waals surface area contributed by atoms with Gasteiger partial charge in [0.2, 0.25) is 0 Å². The fourth-order valence-corrected chi connectivity index (χ4v) is 3.62. The Morgan fingerprint density at radius 2 is 1.94 bits per heavy atom. The lowest BCUT2D eigenvalue weighted by Crippen LogP contribution is -2.19. The zero-order valence-corrected chi connectivity index (χ0v) is 18.9. The van der Waals surface area contributed by atoms with E-state index >= 15 is 0 Å². The van der Waals surface area contributed by atoms with Crippen molar-refractivity contribution < 1.29 is 19.2 Å². The molecule has 2 aromatic carbocycles. The second kappa shape index (κ2) is 9.28. The summed E-state index contributed by atoms with van der Waals surface area (Å²) in [6.45, 7) is 3.67. The molecule has 2 aromatic heterocycles. The molecule has 0 fully saturated rings. The van der Waals surface area contributed by atoms with Gasteiger partial charge in [-0.05, 0) is 37.6 Å². The Morgan fingerprint density at radius 1 is 1.18 bits per heavy atom. The van der Waals surface area contributed by atoms with Crippen LogP contribution in [0.2, 0.25) is 5.02 Å². The second-order valence-corrected chi connectivity index (χ2v) is 7.64. The van der Waals surface area contributed by atoms with Gasteiger partial charge in [-0.1, -0.05) is 29.8 Å². The van der Waals surface area contributed by atoms with E-state index in [1.165, 1.54) is 23.0 Å². The number of pyridine rings is 1. The predicted molar refractivity (Wildman–Crippen MR) is 126 cm³/mol. The van der Waals surface area contributed by atoms with Gasteiger partial charge in [0, 0.05) is 17.5 Å². The summed E-state index contributed by atoms with van der Waals surface area (Å²) < 4.78 is 6.39. The predicted octanol–water partition coefficient (Wildman–Crippen LogP) is 4.72. The number of ether oxygens (including phenoxy) is 1. The minimum absolute atomic E-state index is 0.00604. The van der Waals surface area contributed by atoms with Crippen molar-refractivity contribution in [3.63, 3.8) is 0 Å². The number of para-hydroxylation sites is 1. The molecule has 2 heterocycles. The third-order valence-electron chi connectivity index (χ3n) is 5.03. The summed E-state index contributed by atoms with van der Waals surface area (Å²) in [6, 6.07) is 12.8. The van der Waals surface area contributed by atoms with Crippen molar-refractivity contribution in [1.29, 1.82) is 0 Å². The zero-order valence-electron chi connectivity index (χ0n) is 18.1. The van der Waals surface area contributed by atoms with Crippen molar-refractivity contribution in [2.75, 3.05) is 11.9 Å². The molecule has 0 radical (unpaired) electrons. The van der Waals surface area contributed by atoms with Gasteiger partial charge in [-0.15, -0.1) is 0 Å². The Bertz CT molecular complexity index is 1450. The molecule has 0 saturated carbocycles. The molecule has 0 spiro atoms. The van der Waals surface area contributed by atoms with Crippen LogP contribution < -0.4 is 5.32 Å². The van der Waals surface area contributed by atoms with Crippen LogP contribution in [0.4, 0.5) is 11.5 Å². The van der Waals surface area contributed by atoms with E-state index in [0.717, 1.165) is 17.0 Å². The topological polar surface area (TPSA) is 129 Å². The maximum Gasteiger partial charge on any atom is 0.343 e. The molecule has 4 aromatic rings. The number of nitro benzene ring substituents is 1. The molecule has 0 atom stereocenters. The van der Waals surface area contributed by atoms with E-state index in [1.54, 1.807) is 13.0 Å². The normalized spacial score (nSPS) is 10.8. The van der Waals surface area contributed by atoms with Crippen molar-refractivity contribution in [3.05, 3.63) is 86.6 Å². The van der Waals surface area contributed by atoms with Gasteiger partial charge in [0.15, 0.2) is 11.6 Å². The Labute approximate surface area is 198 Å². The number of nitro groups is 1. The highest BCUT2D eigenvalue weighted by molar-refractivity contribution is 6.34. The Morgan fingerprint density at radius 3 is 2.68 bits per heavy atom. The quantitative estimate of drug-likeness (QED) is 0.240. The van der Waals surface area contributed by atoms with Crippen LogP contribution in [-0.2, 0) is 4.74 Å². The molecule has 34 heavy (non-hydrogen) atoms. The number of esters is 1. The Balaban J connectivity index is 1.82. The molecular formula is C23H18ClN5O5. The van der Waals surface area contributed by atoms with Crippen molar-refractivity contribution in [1.82, 2.24) is 14.8 Å². The van der Waals surface area contributed by atoms with E-state index in [0.29, 0.717) is 11.3 Å². The number of halogens is 1. The van der Waals surface area contributed by atoms with Crippen LogP contribution in [0.1, 0.15) is 33.2 Å². The first-order valence-electron chi connectivity index (χ1n) is 10.2. The average Bonchev–Trinajstić information content (AvgIpc) is 3.22. The van der Waals surface area contributed by atoms with E-state index in [-0.39, 0.29) is 34.3 Å². The summed E-state index contributed by atoms with van der Waals surface area (Å²) in [6.07, 6.45) is 1.26. The lowest BCUT2D eigenvalue weighted by atomic mass is 10.1. The van der Waals surface area contributed by atoms with E-state index in [4.69, 9.17) is 16.3 Å². The van der Waals surface area contributed by atoms with Gasteiger partial charge in [0.25, 0.3) is 11.6 Å². The summed E-state index contributed by atoms with van der Waals surface area (Å²) in [5, 5.41) is 18.9. The lowest BCUT2D eigenvalue weighted by molar-refractivity contribution is -0.384. The lowest BCUT2D eigenvalue weighted by Gasteiger charge is -2.12. The molecule has 0 saturated heterocycles. The number of benzene rings is 2. The first-order chi connectivity index (χ1) is 16.3. The third-order valence-corrected chi connectivity index (χ3v) is 5.36. The molecule has 1 N–H and O–H groups in total. The number of amides is 1. The number of nitrogens with zero attached hydrogens (tertiary/aromatic N) is 4. The summed E-state index contributed by atoms with van der Waals surface area (Å²) in [5.41, 5.74) is 1.16. The number of non-ortho nitro benzene ring substituents is 1. The van der Waals surface area contributed by atoms with Crippen molar-refractivity contribution in [3.8, 4) is 5.82 Å². The largest absolute Gasteiger partial charge is 0.462 e. The number of anilines is 1. The Hall–Kier alpha value is -4.31. The van der Waals surface area contributed by atoms with Crippen LogP contribution in [0.3, 0.4) is 0 Å². The van der Waals surface area contributed by atoms with Gasteiger partial charge in [-0.25, -0.2) is 9.78 Å². The van der Waals surface area contributed by atoms with Crippen LogP contribution in [0.15, 0.2) is 54.7 Å². The number of hydrogen-bond acceptors (Lipinski definition) is 7. The molecule has 0 aliphatic carbocycles. The average molecular weight is 480 g/mol. The van der Waals surface area contributed by atoms with E-state index in [1.807, 2.05) is 31.2 Å². The number of nitrogens with one attached hydrogen (secondary N) is 1. The number of aryl methyl sites for hydroxylation is 1. The summed E-state index contributed by atoms with van der Waals surface area (Å²) in [4.78, 5) is 40.7. The van der Waals surface area contributed by atoms with Crippen molar-refractivity contribution in [2.45, 2.75) is 13.8 Å². The van der Waals surface area contributed by atoms with Gasteiger partial charge >= 0.3 is 5.97 Å². The highest BCUT2D eigenvalue weighted by atomic mass is 35.5. The smallest absolute Gasteiger partial charge is 0.343 e. The van der Waals surface area contributed by atoms with Crippen LogP contribution in [0.5, 0.6) is 0 Å². The maximum absolute atomic E-state index is 13.1. The molecule has 0 aliphatic heterocycles. The zero-order chi connectivity index (χ0) is 24.4. The molecular weight excluding hydrogens is 462 g/mol. The van der Waals surface area contributed by atoms with Crippen LogP contribution in [0.25, 0.3) is 16.7 Å². The van der Waals surface area contributed by atoms with Gasteiger partial charge in [-0.3, -0.25) is 14.9 Å². The minimum Gasteiger partial charge on any atom is -0.462 e. The second-order valence-electron chi connectivity index (χ2n) is 7.23. The van der Waals surface area contributed by atoms with Gasteiger partial charge < -0.3 is 10.1 Å². The molecule has 11 heteroatoms. The van der Waals surface area contributed by atoms with Crippen molar-refractivity contribution >= 4 is 45.9 Å². The molecule has 10 nitrogen and oxygen atoms in total. The molecule has 0 aliphatic rings. The number of rotatable bonds is 6. The SMILES string of the molecule is CCOC(=O)c1cnn(-c2cc(C)c3ccccc3n2)c1NC(=O)c1cc([N+](=O)[O-])ccc1Cl. The fourth-order valence-electron chi connectivity index (χ4n) is 3.42. The summed E-state index contributed by atoms with van der Waals surface area (Å²) in [5.74, 6) is -1.12. The fraction of sp³-hybridized carbons (Fsp3) is 0.130. The van der Waals surface area contributed by atoms with Crippen molar-refractivity contribution in [2.24, 2.45) is 0 Å². The standard InChI is InChI=1S/C23H18ClN5O5/c1-3-34-23(31)17-12-25-28(20-10-13(2)15-6-4-5-7-19(15)26-20)21(17)27-22(30)16-11-14(29(32)33)8-9-18(16)24/h4-12H,3H2,1-2H3,(H,27,30). The van der Waals surface area contributed by atoms with Gasteiger partial charge in [0.05, 0.1) is 33.8 Å². The molecule has 4 rings (SSSR count). The molecule has 0 bridgehead atoms. The number of aromatic nitrogens is 3. The Kier molecular flexibility index (Phi) is 6.24. The first-order valence-corrected chi connectivity index (χ1v) is 10.5. The third kappa shape index (κ3) is 4.30. The number of hydrogen-bond donors (Lipinski definition) is 1. The number of carbonyl (C=O) groups is 2. The molecule has 0 unspecified atom stereocenters. The molecule has 1 amide bonds. The highest BCUT2D eigenvalue weighted by Crippen LogP contribution is 2.27. The number of carbonyl (C=O) groups excluding carboxylic acids is 2. The van der Waals surface area contributed by atoms with E-state index in [9.17, 15) is 19.7 Å². The summed E-state index contributed by atoms with van der Waals surface area (Å²) >= 11 is 6.12. The molecule has 172 valence electrons. The minimum atomic E-state index is -0.765. The monoisotopic (exact) mass is 479 g/mol. The van der Waals surface area contributed by atoms with E-state index in [2.05, 4.69) is 15.4 Å². The first kappa shape index (κ1) is 22.9. The van der Waals surface area contributed by atoms with Crippen LogP contribution >= 0.6 is 11.6 Å². The van der Waals surface area contributed by atoms with Crippen LogP contribution in [0, 0.1) is 17.0 Å². The van der Waals surface area contributed by atoms with Crippen LogP contribution in [-0.4, -0.2) is 38.2 Å². The van der Waals surface area contributed by atoms with Gasteiger partial charge in [0.1, 0.15) is 5.56 Å². The maximum atomic E-state index is 13.1. The van der Waals surface area contributed by atoms with Gasteiger partial charge in [-0.2, -0.15) is 9.78 Å². The van der Waals surface area contributed by atoms with E-state index < -0.39 is 16.8 Å². The summed E-state index contributed by atoms with van der Waals surface area (Å²) in [7, 11) is 0. The highest BCUT2D eigenvalue weighted by Gasteiger charge is 2.24.